The van der Waals surface area contributed by atoms with Crippen LogP contribution in [0.2, 0.25) is 0 Å². The van der Waals surface area contributed by atoms with Gasteiger partial charge in [0.25, 0.3) is 0 Å². The number of pyridine rings is 1. The van der Waals surface area contributed by atoms with E-state index in [0.29, 0.717) is 12.5 Å². The molecule has 8 heteroatoms. The smallest absolute Gasteiger partial charge is 0.162 e. The van der Waals surface area contributed by atoms with Crippen molar-refractivity contribution in [1.82, 2.24) is 10.0 Å². The molecule has 1 saturated heterocycles. The van der Waals surface area contributed by atoms with Crippen molar-refractivity contribution in [3.63, 3.8) is 0 Å². The number of unbranched alkanes of at least 4 members (excludes halogenated alkanes) is 7. The highest BCUT2D eigenvalue weighted by Gasteiger charge is 2.46. The summed E-state index contributed by atoms with van der Waals surface area (Å²) in [5.41, 5.74) is 1.32. The molecule has 4 N–H and O–H groups in total. The highest BCUT2D eigenvalue weighted by atomic mass is 16.7. The maximum absolute atomic E-state index is 10.3. The summed E-state index contributed by atoms with van der Waals surface area (Å²) < 4.78 is 5.60. The lowest BCUT2D eigenvalue weighted by atomic mass is 9.97. The number of aliphatic hydroxyl groups is 4. The molecule has 0 saturated carbocycles. The average Bonchev–Trinajstić information content (AvgIpc) is 2.83. The van der Waals surface area contributed by atoms with E-state index in [0.717, 1.165) is 19.3 Å². The first-order valence-corrected chi connectivity index (χ1v) is 12.5. The Bertz CT molecular complexity index is 620. The fourth-order valence-electron chi connectivity index (χ4n) is 4.43. The van der Waals surface area contributed by atoms with Crippen molar-refractivity contribution in [3.05, 3.63) is 30.1 Å². The van der Waals surface area contributed by atoms with Crippen LogP contribution in [0.5, 0.6) is 0 Å². The molecule has 1 aromatic rings. The van der Waals surface area contributed by atoms with Crippen molar-refractivity contribution in [2.75, 3.05) is 20.3 Å². The first kappa shape index (κ1) is 28.1. The molecule has 1 aliphatic heterocycles. The predicted molar refractivity (Wildman–Crippen MR) is 126 cm³/mol. The van der Waals surface area contributed by atoms with Crippen LogP contribution in [0.4, 0.5) is 0 Å². The SMILES string of the molecule is CON(CC(C)CCCCCCCCCCc1cccnc1)C1OC(CO)[C@@H](O)[C@@H](O)[C@H]1O. The second kappa shape index (κ2) is 15.7. The number of hydroxylamine groups is 2. The Kier molecular flexibility index (Phi) is 13.4. The lowest BCUT2D eigenvalue weighted by Gasteiger charge is -2.44. The zero-order chi connectivity index (χ0) is 24.1. The molecule has 1 aromatic heterocycles. The van der Waals surface area contributed by atoms with E-state index in [-0.39, 0.29) is 0 Å². The third-order valence-corrected chi connectivity index (χ3v) is 6.51. The van der Waals surface area contributed by atoms with Crippen LogP contribution < -0.4 is 0 Å². The van der Waals surface area contributed by atoms with Crippen molar-refractivity contribution < 1.29 is 30.0 Å². The maximum Gasteiger partial charge on any atom is 0.162 e. The molecule has 2 rings (SSSR count). The van der Waals surface area contributed by atoms with Crippen LogP contribution in [0, 0.1) is 5.92 Å². The number of ether oxygens (including phenoxy) is 1. The molecule has 2 heterocycles. The second-order valence-corrected chi connectivity index (χ2v) is 9.34. The number of hydrogen-bond acceptors (Lipinski definition) is 8. The first-order chi connectivity index (χ1) is 16.0. The normalized spacial score (nSPS) is 26.6. The average molecular weight is 469 g/mol. The van der Waals surface area contributed by atoms with E-state index in [1.165, 1.54) is 62.7 Å². The number of aromatic nitrogens is 1. The van der Waals surface area contributed by atoms with Gasteiger partial charge in [0.05, 0.1) is 13.7 Å². The minimum Gasteiger partial charge on any atom is -0.394 e. The van der Waals surface area contributed by atoms with Crippen LogP contribution in [0.3, 0.4) is 0 Å². The third-order valence-electron chi connectivity index (χ3n) is 6.51. The monoisotopic (exact) mass is 468 g/mol. The minimum absolute atomic E-state index is 0.310. The molecular formula is C25H44N2O6. The Labute approximate surface area is 198 Å². The van der Waals surface area contributed by atoms with E-state index in [2.05, 4.69) is 18.0 Å². The van der Waals surface area contributed by atoms with Gasteiger partial charge in [0.15, 0.2) is 6.23 Å². The minimum atomic E-state index is -1.40. The van der Waals surface area contributed by atoms with E-state index < -0.39 is 37.3 Å². The molecular weight excluding hydrogens is 424 g/mol. The van der Waals surface area contributed by atoms with Crippen LogP contribution in [0.15, 0.2) is 24.5 Å². The van der Waals surface area contributed by atoms with Gasteiger partial charge in [0.2, 0.25) is 0 Å². The summed E-state index contributed by atoms with van der Waals surface area (Å²) in [4.78, 5) is 9.56. The molecule has 3 unspecified atom stereocenters. The zero-order valence-electron chi connectivity index (χ0n) is 20.3. The van der Waals surface area contributed by atoms with E-state index >= 15 is 0 Å². The highest BCUT2D eigenvalue weighted by Crippen LogP contribution is 2.25. The molecule has 6 atom stereocenters. The van der Waals surface area contributed by atoms with Gasteiger partial charge in [-0.1, -0.05) is 57.9 Å². The second-order valence-electron chi connectivity index (χ2n) is 9.34. The molecule has 0 radical (unpaired) electrons. The lowest BCUT2D eigenvalue weighted by Crippen LogP contribution is -2.63. The van der Waals surface area contributed by atoms with Gasteiger partial charge in [0, 0.05) is 18.9 Å². The largest absolute Gasteiger partial charge is 0.394 e. The van der Waals surface area contributed by atoms with Crippen LogP contribution in [-0.2, 0) is 16.0 Å². The summed E-state index contributed by atoms with van der Waals surface area (Å²) >= 11 is 0. The fraction of sp³-hybridized carbons (Fsp3) is 0.800. The van der Waals surface area contributed by atoms with Gasteiger partial charge >= 0.3 is 0 Å². The van der Waals surface area contributed by atoms with E-state index in [1.807, 2.05) is 18.5 Å². The van der Waals surface area contributed by atoms with Gasteiger partial charge in [0.1, 0.15) is 24.4 Å². The summed E-state index contributed by atoms with van der Waals surface area (Å²) in [5, 5.41) is 41.1. The van der Waals surface area contributed by atoms with Crippen LogP contribution >= 0.6 is 0 Å². The van der Waals surface area contributed by atoms with E-state index in [1.54, 1.807) is 0 Å². The van der Waals surface area contributed by atoms with E-state index in [9.17, 15) is 20.4 Å². The highest BCUT2D eigenvalue weighted by molar-refractivity contribution is 5.08. The molecule has 1 aliphatic rings. The van der Waals surface area contributed by atoms with Crippen molar-refractivity contribution in [3.8, 4) is 0 Å². The Morgan fingerprint density at radius 1 is 1.00 bits per heavy atom. The Morgan fingerprint density at radius 2 is 1.67 bits per heavy atom. The number of nitrogens with zero attached hydrogens (tertiary/aromatic N) is 2. The molecule has 0 amide bonds. The number of aryl methyl sites for hydroxylation is 1. The quantitative estimate of drug-likeness (QED) is 0.216. The molecule has 0 spiro atoms. The first-order valence-electron chi connectivity index (χ1n) is 12.5. The molecule has 33 heavy (non-hydrogen) atoms. The molecule has 190 valence electrons. The molecule has 1 fully saturated rings. The molecule has 8 nitrogen and oxygen atoms in total. The predicted octanol–water partition coefficient (Wildman–Crippen LogP) is 2.43. The standard InChI is InChI=1S/C25H44N2O6/c1-19(17-27(32-2)25-24(31)23(30)22(29)21(18-28)33-25)12-9-7-5-3-4-6-8-10-13-20-14-11-15-26-16-20/h11,14-16,19,21-25,28-31H,3-10,12-13,17-18H2,1-2H3/t19?,21?,22-,23-,24-,25?/m1/s1. The van der Waals surface area contributed by atoms with Gasteiger partial charge < -0.3 is 25.2 Å². The number of aliphatic hydroxyl groups excluding tert-OH is 4. The third kappa shape index (κ3) is 9.56. The summed E-state index contributed by atoms with van der Waals surface area (Å²) in [6.07, 6.45) is 9.91. The van der Waals surface area contributed by atoms with Crippen molar-refractivity contribution in [1.29, 1.82) is 0 Å². The van der Waals surface area contributed by atoms with E-state index in [4.69, 9.17) is 9.57 Å². The van der Waals surface area contributed by atoms with Gasteiger partial charge in [-0.2, -0.15) is 5.06 Å². The van der Waals surface area contributed by atoms with Gasteiger partial charge in [-0.3, -0.25) is 9.82 Å². The summed E-state index contributed by atoms with van der Waals surface area (Å²) in [6, 6.07) is 4.14. The van der Waals surface area contributed by atoms with Crippen molar-refractivity contribution in [2.24, 2.45) is 5.92 Å². The van der Waals surface area contributed by atoms with Crippen LogP contribution in [-0.4, -0.2) is 81.4 Å². The zero-order valence-corrected chi connectivity index (χ0v) is 20.3. The summed E-state index contributed by atoms with van der Waals surface area (Å²) in [5.74, 6) is 0.310. The topological polar surface area (TPSA) is 116 Å². The summed E-state index contributed by atoms with van der Waals surface area (Å²) in [7, 11) is 1.49. The molecule has 0 aromatic carbocycles. The Balaban J connectivity index is 1.54. The Hall–Kier alpha value is -1.13. The van der Waals surface area contributed by atoms with Crippen molar-refractivity contribution >= 4 is 0 Å². The fourth-order valence-corrected chi connectivity index (χ4v) is 4.43. The van der Waals surface area contributed by atoms with Crippen LogP contribution in [0.1, 0.15) is 70.3 Å². The van der Waals surface area contributed by atoms with Gasteiger partial charge in [-0.25, -0.2) is 0 Å². The van der Waals surface area contributed by atoms with Gasteiger partial charge in [-0.15, -0.1) is 0 Å². The molecule has 0 aliphatic carbocycles. The molecule has 0 bridgehead atoms. The lowest BCUT2D eigenvalue weighted by molar-refractivity contribution is -0.330. The van der Waals surface area contributed by atoms with Crippen molar-refractivity contribution in [2.45, 2.75) is 102 Å². The number of hydrogen-bond donors (Lipinski definition) is 4. The summed E-state index contributed by atoms with van der Waals surface area (Å²) in [6.45, 7) is 2.20. The van der Waals surface area contributed by atoms with Gasteiger partial charge in [-0.05, 0) is 36.8 Å². The van der Waals surface area contributed by atoms with Crippen LogP contribution in [0.25, 0.3) is 0 Å². The number of rotatable bonds is 16. The maximum atomic E-state index is 10.3. The Morgan fingerprint density at radius 3 is 2.27 bits per heavy atom.